The molecule has 2 N–H and O–H groups in total. The Bertz CT molecular complexity index is 1050. The minimum atomic E-state index is -0.553. The fourth-order valence-corrected chi connectivity index (χ4v) is 3.16. The average Bonchev–Trinajstić information content (AvgIpc) is 3.17. The lowest BCUT2D eigenvalue weighted by atomic mass is 10.1. The third kappa shape index (κ3) is 4.55. The van der Waals surface area contributed by atoms with Crippen LogP contribution in [0.25, 0.3) is 17.3 Å². The number of rotatable bonds is 6. The minimum Gasteiger partial charge on any atom is -0.504 e. The van der Waals surface area contributed by atoms with Crippen molar-refractivity contribution in [3.05, 3.63) is 65.0 Å². The predicted octanol–water partition coefficient (Wildman–Crippen LogP) is 4.46. The summed E-state index contributed by atoms with van der Waals surface area (Å²) in [5, 5.41) is 24.0. The van der Waals surface area contributed by atoms with Gasteiger partial charge in [-0.3, -0.25) is 10.1 Å². The van der Waals surface area contributed by atoms with Crippen LogP contribution in [-0.2, 0) is 4.79 Å². The monoisotopic (exact) mass is 391 g/mol. The van der Waals surface area contributed by atoms with Crippen molar-refractivity contribution in [2.75, 3.05) is 11.9 Å². The molecule has 0 saturated heterocycles. The highest BCUT2D eigenvalue weighted by Gasteiger charge is 2.13. The van der Waals surface area contributed by atoms with Gasteiger partial charge in [0.2, 0.25) is 0 Å². The zero-order valence-electron chi connectivity index (χ0n) is 15.0. The molecule has 0 aliphatic heterocycles. The van der Waals surface area contributed by atoms with Crippen LogP contribution in [0.5, 0.6) is 11.5 Å². The van der Waals surface area contributed by atoms with Crippen molar-refractivity contribution in [2.24, 2.45) is 0 Å². The molecule has 28 heavy (non-hydrogen) atoms. The van der Waals surface area contributed by atoms with E-state index < -0.39 is 5.91 Å². The molecule has 0 fully saturated rings. The average molecular weight is 391 g/mol. The van der Waals surface area contributed by atoms with Crippen molar-refractivity contribution >= 4 is 28.5 Å². The van der Waals surface area contributed by atoms with Crippen molar-refractivity contribution in [3.8, 4) is 28.8 Å². The van der Waals surface area contributed by atoms with E-state index in [0.29, 0.717) is 23.1 Å². The van der Waals surface area contributed by atoms with Gasteiger partial charge in [0.15, 0.2) is 16.6 Å². The van der Waals surface area contributed by atoms with E-state index in [1.165, 1.54) is 23.5 Å². The number of hydrogen-bond donors (Lipinski definition) is 2. The highest BCUT2D eigenvalue weighted by Crippen LogP contribution is 2.28. The molecule has 0 bridgehead atoms. The SMILES string of the molecule is CCOc1cc(/C=C(/C#N)C(=O)Nc2nc(-c3ccccc3)cs2)ccc1O. The number of benzene rings is 2. The minimum absolute atomic E-state index is 0.00168. The Labute approximate surface area is 166 Å². The fraction of sp³-hybridized carbons (Fsp3) is 0.0952. The lowest BCUT2D eigenvalue weighted by Crippen LogP contribution is -2.13. The lowest BCUT2D eigenvalue weighted by Gasteiger charge is -2.06. The highest BCUT2D eigenvalue weighted by atomic mass is 32.1. The van der Waals surface area contributed by atoms with Crippen LogP contribution in [0.3, 0.4) is 0 Å². The van der Waals surface area contributed by atoms with Crippen LogP contribution in [0.2, 0.25) is 0 Å². The van der Waals surface area contributed by atoms with Crippen LogP contribution in [-0.4, -0.2) is 22.6 Å². The third-order valence-corrected chi connectivity index (χ3v) is 4.51. The molecule has 6 nitrogen and oxygen atoms in total. The molecule has 1 amide bonds. The maximum absolute atomic E-state index is 12.5. The Hall–Kier alpha value is -3.63. The molecule has 0 atom stereocenters. The van der Waals surface area contributed by atoms with Crippen LogP contribution in [0.15, 0.2) is 59.5 Å². The maximum Gasteiger partial charge on any atom is 0.268 e. The molecule has 0 aliphatic carbocycles. The molecule has 0 spiro atoms. The molecule has 2 aromatic carbocycles. The maximum atomic E-state index is 12.5. The number of phenolic OH excluding ortho intramolecular Hbond substituents is 1. The number of nitriles is 1. The van der Waals surface area contributed by atoms with Gasteiger partial charge in [0, 0.05) is 10.9 Å². The summed E-state index contributed by atoms with van der Waals surface area (Å²) >= 11 is 1.29. The van der Waals surface area contributed by atoms with Crippen LogP contribution in [0.4, 0.5) is 5.13 Å². The molecule has 1 heterocycles. The summed E-state index contributed by atoms with van der Waals surface area (Å²) in [5.74, 6) is -0.262. The number of carbonyl (C=O) groups excluding carboxylic acids is 1. The number of thiazole rings is 1. The van der Waals surface area contributed by atoms with E-state index in [0.717, 1.165) is 11.3 Å². The van der Waals surface area contributed by atoms with Crippen LogP contribution in [0, 0.1) is 11.3 Å². The molecule has 3 rings (SSSR count). The number of ether oxygens (including phenoxy) is 1. The summed E-state index contributed by atoms with van der Waals surface area (Å²) in [6.07, 6.45) is 1.43. The number of aromatic hydroxyl groups is 1. The van der Waals surface area contributed by atoms with E-state index in [-0.39, 0.29) is 11.3 Å². The van der Waals surface area contributed by atoms with E-state index >= 15 is 0 Å². The van der Waals surface area contributed by atoms with Crippen LogP contribution >= 0.6 is 11.3 Å². The van der Waals surface area contributed by atoms with Crippen LogP contribution in [0.1, 0.15) is 12.5 Å². The van der Waals surface area contributed by atoms with Gasteiger partial charge in [-0.15, -0.1) is 11.3 Å². The first-order valence-electron chi connectivity index (χ1n) is 8.50. The van der Waals surface area contributed by atoms with Crippen LogP contribution < -0.4 is 10.1 Å². The second kappa shape index (κ2) is 8.84. The van der Waals surface area contributed by atoms with E-state index in [2.05, 4.69) is 10.3 Å². The zero-order valence-corrected chi connectivity index (χ0v) is 15.9. The molecular formula is C21H17N3O3S. The summed E-state index contributed by atoms with van der Waals surface area (Å²) in [6, 6.07) is 16.1. The molecule has 1 aromatic heterocycles. The Balaban J connectivity index is 1.77. The molecular weight excluding hydrogens is 374 g/mol. The topological polar surface area (TPSA) is 95.2 Å². The number of anilines is 1. The number of nitrogens with one attached hydrogen (secondary N) is 1. The molecule has 7 heteroatoms. The first-order chi connectivity index (χ1) is 13.6. The standard InChI is InChI=1S/C21H17N3O3S/c1-2-27-19-11-14(8-9-18(19)25)10-16(12-22)20(26)24-21-23-17(13-28-21)15-6-4-3-5-7-15/h3-11,13,25H,2H2,1H3,(H,23,24,26)/b16-10-. The van der Waals surface area contributed by atoms with Crippen molar-refractivity contribution in [2.45, 2.75) is 6.92 Å². The van der Waals surface area contributed by atoms with Gasteiger partial charge in [-0.05, 0) is 30.7 Å². The van der Waals surface area contributed by atoms with E-state index in [1.54, 1.807) is 19.1 Å². The van der Waals surface area contributed by atoms with E-state index in [1.807, 2.05) is 41.8 Å². The van der Waals surface area contributed by atoms with Gasteiger partial charge >= 0.3 is 0 Å². The summed E-state index contributed by atoms with van der Waals surface area (Å²) in [7, 11) is 0. The van der Waals surface area contributed by atoms with Crippen molar-refractivity contribution in [3.63, 3.8) is 0 Å². The highest BCUT2D eigenvalue weighted by molar-refractivity contribution is 7.14. The predicted molar refractivity (Wildman–Crippen MR) is 109 cm³/mol. The third-order valence-electron chi connectivity index (χ3n) is 3.75. The van der Waals surface area contributed by atoms with Crippen molar-refractivity contribution in [1.29, 1.82) is 5.26 Å². The Morgan fingerprint density at radius 1 is 1.32 bits per heavy atom. The molecule has 0 saturated carbocycles. The largest absolute Gasteiger partial charge is 0.504 e. The zero-order chi connectivity index (χ0) is 19.9. The summed E-state index contributed by atoms with van der Waals surface area (Å²) in [6.45, 7) is 2.19. The summed E-state index contributed by atoms with van der Waals surface area (Å²) in [5.41, 5.74) is 2.19. The molecule has 3 aromatic rings. The van der Waals surface area contributed by atoms with Crippen molar-refractivity contribution < 1.29 is 14.6 Å². The first-order valence-corrected chi connectivity index (χ1v) is 9.38. The smallest absolute Gasteiger partial charge is 0.268 e. The Morgan fingerprint density at radius 3 is 2.82 bits per heavy atom. The van der Waals surface area contributed by atoms with Gasteiger partial charge in [0.25, 0.3) is 5.91 Å². The molecule has 0 aliphatic rings. The number of nitrogens with zero attached hydrogens (tertiary/aromatic N) is 2. The molecule has 140 valence electrons. The number of amides is 1. The lowest BCUT2D eigenvalue weighted by molar-refractivity contribution is -0.112. The first kappa shape index (κ1) is 19.1. The number of hydrogen-bond acceptors (Lipinski definition) is 6. The molecule has 0 radical (unpaired) electrons. The van der Waals surface area contributed by atoms with Gasteiger partial charge in [0.05, 0.1) is 12.3 Å². The van der Waals surface area contributed by atoms with Gasteiger partial charge in [-0.1, -0.05) is 36.4 Å². The Kier molecular flexibility index (Phi) is 6.04. The van der Waals surface area contributed by atoms with Gasteiger partial charge < -0.3 is 9.84 Å². The van der Waals surface area contributed by atoms with Gasteiger partial charge in [-0.25, -0.2) is 4.98 Å². The number of aromatic nitrogens is 1. The second-order valence-electron chi connectivity index (χ2n) is 5.69. The Morgan fingerprint density at radius 2 is 2.11 bits per heavy atom. The van der Waals surface area contributed by atoms with E-state index in [4.69, 9.17) is 4.74 Å². The van der Waals surface area contributed by atoms with E-state index in [9.17, 15) is 15.2 Å². The normalized spacial score (nSPS) is 10.9. The number of phenols is 1. The molecule has 0 unspecified atom stereocenters. The fourth-order valence-electron chi connectivity index (χ4n) is 2.44. The van der Waals surface area contributed by atoms with Crippen molar-refractivity contribution in [1.82, 2.24) is 4.98 Å². The summed E-state index contributed by atoms with van der Waals surface area (Å²) in [4.78, 5) is 16.8. The quantitative estimate of drug-likeness (QED) is 0.478. The van der Waals surface area contributed by atoms with Gasteiger partial charge in [-0.2, -0.15) is 5.26 Å². The summed E-state index contributed by atoms with van der Waals surface area (Å²) < 4.78 is 5.32. The second-order valence-corrected chi connectivity index (χ2v) is 6.55. The van der Waals surface area contributed by atoms with Gasteiger partial charge in [0.1, 0.15) is 11.6 Å². The number of carbonyl (C=O) groups is 1.